The summed E-state index contributed by atoms with van der Waals surface area (Å²) in [5, 5.41) is 3.11. The molecule has 108 valence electrons. The van der Waals surface area contributed by atoms with E-state index in [4.69, 9.17) is 5.73 Å². The maximum absolute atomic E-state index is 12.5. The predicted molar refractivity (Wildman–Crippen MR) is 56.7 cm³/mol. The van der Waals surface area contributed by atoms with Crippen LogP contribution in [-0.4, -0.2) is 10.1 Å². The van der Waals surface area contributed by atoms with E-state index in [0.29, 0.717) is 0 Å². The number of alkyl halides is 5. The molecule has 1 aromatic carbocycles. The highest BCUT2D eigenvalue weighted by molar-refractivity contribution is 5.29. The Bertz CT molecular complexity index is 596. The van der Waals surface area contributed by atoms with Crippen molar-refractivity contribution >= 4 is 0 Å². The van der Waals surface area contributed by atoms with Crippen molar-refractivity contribution in [3.05, 3.63) is 47.1 Å². The van der Waals surface area contributed by atoms with E-state index < -0.39 is 30.4 Å². The number of rotatable bonds is 3. The van der Waals surface area contributed by atoms with E-state index in [-0.39, 0.29) is 11.1 Å². The second-order valence-corrected chi connectivity index (χ2v) is 3.90. The van der Waals surface area contributed by atoms with Crippen LogP contribution in [-0.2, 0) is 6.18 Å². The molecule has 0 fully saturated rings. The zero-order valence-electron chi connectivity index (χ0n) is 9.73. The van der Waals surface area contributed by atoms with E-state index in [9.17, 15) is 22.0 Å². The maximum atomic E-state index is 12.5. The molecule has 0 amide bonds. The van der Waals surface area contributed by atoms with Crippen molar-refractivity contribution in [3.8, 4) is 0 Å². The number of hydrogen-bond acceptors (Lipinski definition) is 4. The molecule has 1 atom stereocenters. The van der Waals surface area contributed by atoms with Gasteiger partial charge < -0.3 is 10.3 Å². The smallest absolute Gasteiger partial charge is 0.329 e. The number of nitrogens with two attached hydrogens (primary N) is 1. The van der Waals surface area contributed by atoms with Crippen LogP contribution >= 0.6 is 0 Å². The highest BCUT2D eigenvalue weighted by Gasteiger charge is 2.39. The van der Waals surface area contributed by atoms with Crippen molar-refractivity contribution in [1.82, 2.24) is 10.1 Å². The Morgan fingerprint density at radius 1 is 1.15 bits per heavy atom. The third-order valence-electron chi connectivity index (χ3n) is 2.48. The fourth-order valence-corrected chi connectivity index (χ4v) is 1.51. The summed E-state index contributed by atoms with van der Waals surface area (Å²) in [7, 11) is 0. The molecule has 0 aliphatic carbocycles. The van der Waals surface area contributed by atoms with E-state index in [0.717, 1.165) is 6.07 Å². The topological polar surface area (TPSA) is 64.9 Å². The van der Waals surface area contributed by atoms with Gasteiger partial charge >= 0.3 is 12.1 Å². The van der Waals surface area contributed by atoms with Crippen molar-refractivity contribution in [3.63, 3.8) is 0 Å². The summed E-state index contributed by atoms with van der Waals surface area (Å²) in [5.74, 6) is -1.96. The molecule has 20 heavy (non-hydrogen) atoms. The van der Waals surface area contributed by atoms with Crippen molar-refractivity contribution < 1.29 is 26.5 Å². The lowest BCUT2D eigenvalue weighted by molar-refractivity contribution is -0.159. The summed E-state index contributed by atoms with van der Waals surface area (Å²) >= 11 is 0. The van der Waals surface area contributed by atoms with Gasteiger partial charge in [0, 0.05) is 5.56 Å². The van der Waals surface area contributed by atoms with Gasteiger partial charge in [-0.15, -0.1) is 0 Å². The molecule has 0 bridgehead atoms. The monoisotopic (exact) mass is 293 g/mol. The molecule has 2 N–H and O–H groups in total. The Hall–Kier alpha value is -2.03. The Kier molecular flexibility index (Phi) is 3.71. The van der Waals surface area contributed by atoms with Gasteiger partial charge in [0.15, 0.2) is 5.82 Å². The second kappa shape index (κ2) is 5.16. The third kappa shape index (κ3) is 2.93. The van der Waals surface area contributed by atoms with Gasteiger partial charge in [-0.05, 0) is 11.6 Å². The molecule has 0 radical (unpaired) electrons. The van der Waals surface area contributed by atoms with E-state index >= 15 is 0 Å². The van der Waals surface area contributed by atoms with E-state index in [2.05, 4.69) is 14.7 Å². The molecule has 1 unspecified atom stereocenters. The van der Waals surface area contributed by atoms with Crippen LogP contribution in [0.5, 0.6) is 0 Å². The molecule has 0 spiro atoms. The number of benzene rings is 1. The Labute approximate surface area is 109 Å². The number of aromatic nitrogens is 2. The van der Waals surface area contributed by atoms with Crippen LogP contribution in [0.25, 0.3) is 0 Å². The van der Waals surface area contributed by atoms with E-state index in [1.54, 1.807) is 0 Å². The van der Waals surface area contributed by atoms with Crippen LogP contribution in [0.2, 0.25) is 0 Å². The van der Waals surface area contributed by atoms with Gasteiger partial charge in [-0.2, -0.15) is 18.2 Å². The molecule has 2 aromatic rings. The van der Waals surface area contributed by atoms with Gasteiger partial charge in [-0.1, -0.05) is 23.4 Å². The third-order valence-corrected chi connectivity index (χ3v) is 2.48. The minimum absolute atomic E-state index is 0.164. The van der Waals surface area contributed by atoms with Gasteiger partial charge in [0.1, 0.15) is 0 Å². The van der Waals surface area contributed by atoms with Crippen LogP contribution in [0.3, 0.4) is 0 Å². The summed E-state index contributed by atoms with van der Waals surface area (Å²) in [5.41, 5.74) is 5.51. The standard InChI is InChI=1S/C11H8F5N3O/c12-8(13)6-3-1-2-5(4-6)7(17)9-18-10(20-19-9)11(14,15)16/h1-4,7-8H,17H2. The van der Waals surface area contributed by atoms with Gasteiger partial charge in [0.2, 0.25) is 0 Å². The molecular weight excluding hydrogens is 285 g/mol. The predicted octanol–water partition coefficient (Wildman–Crippen LogP) is 3.07. The first-order valence-electron chi connectivity index (χ1n) is 5.33. The molecule has 1 aromatic heterocycles. The van der Waals surface area contributed by atoms with Crippen molar-refractivity contribution in [2.45, 2.75) is 18.6 Å². The lowest BCUT2D eigenvalue weighted by Crippen LogP contribution is -2.14. The zero-order chi connectivity index (χ0) is 14.9. The number of hydrogen-bond donors (Lipinski definition) is 1. The molecule has 2 rings (SSSR count). The first-order valence-corrected chi connectivity index (χ1v) is 5.33. The van der Waals surface area contributed by atoms with E-state index in [1.165, 1.54) is 18.2 Å². The van der Waals surface area contributed by atoms with Gasteiger partial charge in [-0.25, -0.2) is 8.78 Å². The number of halogens is 5. The van der Waals surface area contributed by atoms with Gasteiger partial charge in [0.25, 0.3) is 6.43 Å². The molecule has 1 heterocycles. The van der Waals surface area contributed by atoms with E-state index in [1.807, 2.05) is 0 Å². The zero-order valence-corrected chi connectivity index (χ0v) is 9.73. The minimum Gasteiger partial charge on any atom is -0.329 e. The fourth-order valence-electron chi connectivity index (χ4n) is 1.51. The molecule has 4 nitrogen and oxygen atoms in total. The largest absolute Gasteiger partial charge is 0.471 e. The quantitative estimate of drug-likeness (QED) is 0.883. The minimum atomic E-state index is -4.78. The summed E-state index contributed by atoms with van der Waals surface area (Å²) in [6, 6.07) is 3.78. The summed E-state index contributed by atoms with van der Waals surface area (Å²) in [6.07, 6.45) is -7.49. The second-order valence-electron chi connectivity index (χ2n) is 3.90. The Morgan fingerprint density at radius 2 is 1.80 bits per heavy atom. The highest BCUT2D eigenvalue weighted by atomic mass is 19.4. The Morgan fingerprint density at radius 3 is 2.35 bits per heavy atom. The fraction of sp³-hybridized carbons (Fsp3) is 0.273. The first-order chi connectivity index (χ1) is 9.29. The van der Waals surface area contributed by atoms with Crippen molar-refractivity contribution in [2.24, 2.45) is 5.73 Å². The summed E-state index contributed by atoms with van der Waals surface area (Å²) < 4.78 is 66.0. The SMILES string of the molecule is NC(c1cccc(C(F)F)c1)c1noc(C(F)(F)F)n1. The van der Waals surface area contributed by atoms with Crippen LogP contribution < -0.4 is 5.73 Å². The first kappa shape index (κ1) is 14.4. The van der Waals surface area contributed by atoms with Crippen molar-refractivity contribution in [1.29, 1.82) is 0 Å². The lowest BCUT2D eigenvalue weighted by Gasteiger charge is -2.09. The average molecular weight is 293 g/mol. The summed E-state index contributed by atoms with van der Waals surface area (Å²) in [6.45, 7) is 0. The highest BCUT2D eigenvalue weighted by Crippen LogP contribution is 2.29. The van der Waals surface area contributed by atoms with Crippen LogP contribution in [0.1, 0.15) is 35.3 Å². The molecule has 0 saturated heterocycles. The molecular formula is C11H8F5N3O. The number of nitrogens with zero attached hydrogens (tertiary/aromatic N) is 2. The van der Waals surface area contributed by atoms with Crippen LogP contribution in [0, 0.1) is 0 Å². The van der Waals surface area contributed by atoms with Crippen LogP contribution in [0.4, 0.5) is 22.0 Å². The van der Waals surface area contributed by atoms with Gasteiger partial charge in [0.05, 0.1) is 6.04 Å². The molecule has 9 heteroatoms. The maximum Gasteiger partial charge on any atom is 0.471 e. The summed E-state index contributed by atoms with van der Waals surface area (Å²) in [4.78, 5) is 3.12. The molecule has 0 aliphatic heterocycles. The average Bonchev–Trinajstić information content (AvgIpc) is 2.87. The van der Waals surface area contributed by atoms with Crippen LogP contribution in [0.15, 0.2) is 28.8 Å². The lowest BCUT2D eigenvalue weighted by atomic mass is 10.0. The Balaban J connectivity index is 2.29. The van der Waals surface area contributed by atoms with Gasteiger partial charge in [-0.3, -0.25) is 0 Å². The van der Waals surface area contributed by atoms with Crippen molar-refractivity contribution in [2.75, 3.05) is 0 Å². The molecule has 0 saturated carbocycles. The molecule has 0 aliphatic rings. The normalized spacial score (nSPS) is 13.8.